The van der Waals surface area contributed by atoms with E-state index in [4.69, 9.17) is 25.8 Å². The normalized spacial score (nSPS) is 17.3. The molecule has 0 aliphatic carbocycles. The fraction of sp³-hybridized carbons (Fsp3) is 0.250. The molecule has 2 aromatic heterocycles. The molecular weight excluding hydrogens is 428 g/mol. The van der Waals surface area contributed by atoms with E-state index in [2.05, 4.69) is 27.1 Å². The molecule has 8 heteroatoms. The van der Waals surface area contributed by atoms with Gasteiger partial charge in [0.05, 0.1) is 31.8 Å². The molecule has 0 bridgehead atoms. The van der Waals surface area contributed by atoms with Crippen molar-refractivity contribution in [3.05, 3.63) is 89.0 Å². The highest BCUT2D eigenvalue weighted by Gasteiger charge is 2.32. The van der Waals surface area contributed by atoms with Crippen molar-refractivity contribution in [2.75, 3.05) is 14.2 Å². The Morgan fingerprint density at radius 1 is 1.03 bits per heavy atom. The van der Waals surface area contributed by atoms with Gasteiger partial charge in [0, 0.05) is 35.1 Å². The molecule has 0 saturated carbocycles. The van der Waals surface area contributed by atoms with Crippen LogP contribution in [-0.2, 0) is 11.3 Å². The van der Waals surface area contributed by atoms with Crippen molar-refractivity contribution in [3.63, 3.8) is 0 Å². The summed E-state index contributed by atoms with van der Waals surface area (Å²) >= 11 is 6.44. The van der Waals surface area contributed by atoms with Crippen LogP contribution >= 0.6 is 11.6 Å². The highest BCUT2D eigenvalue weighted by molar-refractivity contribution is 6.30. The summed E-state index contributed by atoms with van der Waals surface area (Å²) in [5, 5.41) is 8.65. The lowest BCUT2D eigenvalue weighted by Crippen LogP contribution is -2.14. The molecule has 3 heterocycles. The Labute approximate surface area is 191 Å². The van der Waals surface area contributed by atoms with E-state index in [1.807, 2.05) is 53.3 Å². The summed E-state index contributed by atoms with van der Waals surface area (Å²) in [4.78, 5) is 0. The van der Waals surface area contributed by atoms with Gasteiger partial charge in [0.2, 0.25) is 0 Å². The number of aromatic nitrogens is 4. The van der Waals surface area contributed by atoms with Gasteiger partial charge in [-0.3, -0.25) is 4.68 Å². The van der Waals surface area contributed by atoms with Crippen LogP contribution in [0.3, 0.4) is 0 Å². The summed E-state index contributed by atoms with van der Waals surface area (Å²) in [5.41, 5.74) is 3.93. The van der Waals surface area contributed by atoms with Crippen molar-refractivity contribution >= 4 is 11.6 Å². The summed E-state index contributed by atoms with van der Waals surface area (Å²) < 4.78 is 22.1. The molecule has 0 radical (unpaired) electrons. The van der Waals surface area contributed by atoms with Gasteiger partial charge in [0.1, 0.15) is 12.2 Å². The topological polar surface area (TPSA) is 63.3 Å². The van der Waals surface area contributed by atoms with Crippen LogP contribution in [0, 0.1) is 0 Å². The molecular formula is C24H23ClN4O3. The lowest BCUT2D eigenvalue weighted by molar-refractivity contribution is -0.00174. The van der Waals surface area contributed by atoms with Crippen LogP contribution in [0.4, 0.5) is 0 Å². The second-order valence-electron chi connectivity index (χ2n) is 7.55. The second kappa shape index (κ2) is 8.68. The third-order valence-electron chi connectivity index (χ3n) is 5.75. The molecule has 0 spiro atoms. The predicted octanol–water partition coefficient (Wildman–Crippen LogP) is 4.99. The molecule has 32 heavy (non-hydrogen) atoms. The minimum Gasteiger partial charge on any atom is -0.493 e. The van der Waals surface area contributed by atoms with Crippen LogP contribution in [0.1, 0.15) is 35.4 Å². The first-order valence-electron chi connectivity index (χ1n) is 10.4. The molecule has 0 saturated heterocycles. The standard InChI is InChI=1S/C24H23ClN4O3/c1-30-22-7-3-5-17(24(22)31-2)23-18-15-16(25)8-9-19(18)29-12-4-6-20(29)21(32-23)10-13-28-14-11-26-27-28/h3-9,11-12,14-15,21,23H,10,13H2,1-2H3/t21-,23-/m1/s1. The van der Waals surface area contributed by atoms with Crippen LogP contribution in [0.5, 0.6) is 11.5 Å². The third kappa shape index (κ3) is 3.63. The molecule has 7 nitrogen and oxygen atoms in total. The lowest BCUT2D eigenvalue weighted by Gasteiger charge is -2.25. The number of fused-ring (bicyclic) bond motifs is 3. The van der Waals surface area contributed by atoms with Gasteiger partial charge in [0.15, 0.2) is 11.5 Å². The van der Waals surface area contributed by atoms with Gasteiger partial charge in [0.25, 0.3) is 0 Å². The molecule has 0 N–H and O–H groups in total. The Balaban J connectivity index is 1.64. The van der Waals surface area contributed by atoms with Gasteiger partial charge in [-0.15, -0.1) is 5.10 Å². The maximum absolute atomic E-state index is 6.83. The summed E-state index contributed by atoms with van der Waals surface area (Å²) in [6, 6.07) is 15.9. The molecule has 0 fully saturated rings. The lowest BCUT2D eigenvalue weighted by atomic mass is 9.98. The second-order valence-corrected chi connectivity index (χ2v) is 7.98. The Hall–Kier alpha value is -3.29. The molecule has 5 rings (SSSR count). The summed E-state index contributed by atoms with van der Waals surface area (Å²) in [7, 11) is 3.27. The molecule has 1 aliphatic heterocycles. The van der Waals surface area contributed by atoms with Gasteiger partial charge >= 0.3 is 0 Å². The van der Waals surface area contributed by atoms with Crippen LogP contribution < -0.4 is 9.47 Å². The first-order valence-corrected chi connectivity index (χ1v) is 10.7. The fourth-order valence-corrected chi connectivity index (χ4v) is 4.50. The first-order chi connectivity index (χ1) is 15.7. The van der Waals surface area contributed by atoms with E-state index in [0.717, 1.165) is 28.9 Å². The number of aryl methyl sites for hydroxylation is 1. The van der Waals surface area contributed by atoms with Crippen LogP contribution in [-0.4, -0.2) is 33.8 Å². The smallest absolute Gasteiger partial charge is 0.166 e. The average molecular weight is 451 g/mol. The van der Waals surface area contributed by atoms with E-state index < -0.39 is 6.10 Å². The number of halogens is 1. The minimum absolute atomic E-state index is 0.193. The number of para-hydroxylation sites is 1. The number of methoxy groups -OCH3 is 2. The maximum Gasteiger partial charge on any atom is 0.166 e. The highest BCUT2D eigenvalue weighted by atomic mass is 35.5. The van der Waals surface area contributed by atoms with Gasteiger partial charge in [-0.05, 0) is 42.8 Å². The Morgan fingerprint density at radius 2 is 1.94 bits per heavy atom. The van der Waals surface area contributed by atoms with E-state index in [1.165, 1.54) is 0 Å². The van der Waals surface area contributed by atoms with Crippen LogP contribution in [0.15, 0.2) is 67.1 Å². The van der Waals surface area contributed by atoms with Gasteiger partial charge in [-0.25, -0.2) is 0 Å². The monoisotopic (exact) mass is 450 g/mol. The minimum atomic E-state index is -0.408. The molecule has 164 valence electrons. The summed E-state index contributed by atoms with van der Waals surface area (Å²) in [6.07, 6.45) is 5.71. The quantitative estimate of drug-likeness (QED) is 0.414. The number of hydrogen-bond donors (Lipinski definition) is 0. The van der Waals surface area contributed by atoms with Gasteiger partial charge < -0.3 is 18.8 Å². The maximum atomic E-state index is 6.83. The molecule has 0 amide bonds. The van der Waals surface area contributed by atoms with Gasteiger partial charge in [-0.1, -0.05) is 28.9 Å². The van der Waals surface area contributed by atoms with E-state index in [0.29, 0.717) is 23.1 Å². The zero-order chi connectivity index (χ0) is 22.1. The molecule has 4 aromatic rings. The Kier molecular flexibility index (Phi) is 5.59. The molecule has 1 aliphatic rings. The van der Waals surface area contributed by atoms with Crippen molar-refractivity contribution < 1.29 is 14.2 Å². The first kappa shape index (κ1) is 20.6. The predicted molar refractivity (Wildman–Crippen MR) is 121 cm³/mol. The highest BCUT2D eigenvalue weighted by Crippen LogP contribution is 2.46. The van der Waals surface area contributed by atoms with Crippen molar-refractivity contribution in [2.24, 2.45) is 0 Å². The summed E-state index contributed by atoms with van der Waals surface area (Å²) in [6.45, 7) is 0.676. The van der Waals surface area contributed by atoms with Crippen molar-refractivity contribution in [2.45, 2.75) is 25.2 Å². The number of rotatable bonds is 6. The fourth-order valence-electron chi connectivity index (χ4n) is 4.31. The number of nitrogens with zero attached hydrogens (tertiary/aromatic N) is 4. The van der Waals surface area contributed by atoms with E-state index in [-0.39, 0.29) is 6.10 Å². The van der Waals surface area contributed by atoms with E-state index in [1.54, 1.807) is 20.4 Å². The Bertz CT molecular complexity index is 1220. The van der Waals surface area contributed by atoms with Crippen molar-refractivity contribution in [3.8, 4) is 17.2 Å². The van der Waals surface area contributed by atoms with E-state index in [9.17, 15) is 0 Å². The third-order valence-corrected chi connectivity index (χ3v) is 5.99. The van der Waals surface area contributed by atoms with Crippen molar-refractivity contribution in [1.82, 2.24) is 19.6 Å². The Morgan fingerprint density at radius 3 is 2.72 bits per heavy atom. The largest absolute Gasteiger partial charge is 0.493 e. The SMILES string of the molecule is COc1cccc([C@H]2O[C@H](CCn3ccnn3)c3cccn3-c3ccc(Cl)cc32)c1OC. The molecule has 2 atom stereocenters. The zero-order valence-corrected chi connectivity index (χ0v) is 18.6. The van der Waals surface area contributed by atoms with E-state index >= 15 is 0 Å². The number of ether oxygens (including phenoxy) is 3. The average Bonchev–Trinajstić information content (AvgIpc) is 3.49. The number of benzene rings is 2. The van der Waals surface area contributed by atoms with Crippen molar-refractivity contribution in [1.29, 1.82) is 0 Å². The van der Waals surface area contributed by atoms with Gasteiger partial charge in [-0.2, -0.15) is 0 Å². The van der Waals surface area contributed by atoms with Crippen LogP contribution in [0.2, 0.25) is 5.02 Å². The van der Waals surface area contributed by atoms with Crippen LogP contribution in [0.25, 0.3) is 5.69 Å². The zero-order valence-electron chi connectivity index (χ0n) is 17.8. The molecule has 0 unspecified atom stereocenters. The number of hydrogen-bond acceptors (Lipinski definition) is 5. The summed E-state index contributed by atoms with van der Waals surface area (Å²) in [5.74, 6) is 1.30. The molecule has 2 aromatic carbocycles.